The van der Waals surface area contributed by atoms with Gasteiger partial charge >= 0.3 is 0 Å². The maximum atomic E-state index is 5.18. The molecular formula is C10H21N5O. The van der Waals surface area contributed by atoms with E-state index < -0.39 is 0 Å². The van der Waals surface area contributed by atoms with E-state index in [0.717, 1.165) is 18.8 Å². The normalized spacial score (nSPS) is 15.0. The first kappa shape index (κ1) is 13.1. The smallest absolute Gasteiger partial charge is 0.168 e. The molecule has 1 heterocycles. The molecule has 0 aromatic carbocycles. The molecule has 1 aromatic heterocycles. The van der Waals surface area contributed by atoms with Gasteiger partial charge in [-0.3, -0.25) is 0 Å². The highest BCUT2D eigenvalue weighted by Gasteiger charge is 2.19. The first-order valence-corrected chi connectivity index (χ1v) is 5.74. The highest BCUT2D eigenvalue weighted by atomic mass is 16.5. The second-order valence-corrected chi connectivity index (χ2v) is 3.78. The Morgan fingerprint density at radius 3 is 2.75 bits per heavy atom. The summed E-state index contributed by atoms with van der Waals surface area (Å²) in [5.74, 6) is 0.866. The molecule has 6 nitrogen and oxygen atoms in total. The van der Waals surface area contributed by atoms with Crippen LogP contribution in [-0.2, 0) is 4.74 Å². The van der Waals surface area contributed by atoms with Crippen LogP contribution in [0.25, 0.3) is 0 Å². The van der Waals surface area contributed by atoms with Crippen molar-refractivity contribution in [2.45, 2.75) is 39.3 Å². The van der Waals surface area contributed by atoms with Crippen LogP contribution in [0.3, 0.4) is 0 Å². The minimum absolute atomic E-state index is 0.158. The molecular weight excluding hydrogens is 206 g/mol. The van der Waals surface area contributed by atoms with E-state index in [9.17, 15) is 0 Å². The molecule has 16 heavy (non-hydrogen) atoms. The van der Waals surface area contributed by atoms with E-state index in [1.807, 2.05) is 4.68 Å². The Balaban J connectivity index is 2.82. The Labute approximate surface area is 96.4 Å². The minimum atomic E-state index is 0.158. The van der Waals surface area contributed by atoms with Gasteiger partial charge in [0.1, 0.15) is 0 Å². The van der Waals surface area contributed by atoms with Gasteiger partial charge in [-0.1, -0.05) is 13.8 Å². The van der Waals surface area contributed by atoms with Crippen molar-refractivity contribution in [3.63, 3.8) is 0 Å². The lowest BCUT2D eigenvalue weighted by Gasteiger charge is -2.18. The van der Waals surface area contributed by atoms with Crippen molar-refractivity contribution in [3.05, 3.63) is 5.82 Å². The molecule has 0 saturated heterocycles. The van der Waals surface area contributed by atoms with Crippen molar-refractivity contribution in [2.75, 3.05) is 20.3 Å². The second-order valence-electron chi connectivity index (χ2n) is 3.78. The molecule has 0 radical (unpaired) electrons. The van der Waals surface area contributed by atoms with Crippen molar-refractivity contribution in [1.29, 1.82) is 0 Å². The molecule has 0 aliphatic carbocycles. The largest absolute Gasteiger partial charge is 0.382 e. The standard InChI is InChI=1S/C10H21N5O/c1-5-9(7-16-4)15-10(12-13-14-15)8(3)11-6-2/h8-9,11H,5-7H2,1-4H3. The van der Waals surface area contributed by atoms with Gasteiger partial charge in [0, 0.05) is 7.11 Å². The highest BCUT2D eigenvalue weighted by Crippen LogP contribution is 2.16. The Morgan fingerprint density at radius 1 is 1.44 bits per heavy atom. The van der Waals surface area contributed by atoms with Crippen LogP contribution in [0.5, 0.6) is 0 Å². The summed E-state index contributed by atoms with van der Waals surface area (Å²) in [5, 5.41) is 15.2. The van der Waals surface area contributed by atoms with Crippen molar-refractivity contribution >= 4 is 0 Å². The number of nitrogens with one attached hydrogen (secondary N) is 1. The van der Waals surface area contributed by atoms with Crippen LogP contribution < -0.4 is 5.32 Å². The lowest BCUT2D eigenvalue weighted by atomic mass is 10.2. The van der Waals surface area contributed by atoms with Gasteiger partial charge in [-0.15, -0.1) is 5.10 Å². The third-order valence-electron chi connectivity index (χ3n) is 2.59. The summed E-state index contributed by atoms with van der Waals surface area (Å²) in [5.41, 5.74) is 0. The van der Waals surface area contributed by atoms with Gasteiger partial charge in [0.05, 0.1) is 18.7 Å². The van der Waals surface area contributed by atoms with Crippen LogP contribution in [0.1, 0.15) is 45.1 Å². The number of tetrazole rings is 1. The molecule has 0 fully saturated rings. The van der Waals surface area contributed by atoms with E-state index in [2.05, 4.69) is 41.6 Å². The molecule has 0 aliphatic heterocycles. The zero-order chi connectivity index (χ0) is 12.0. The summed E-state index contributed by atoms with van der Waals surface area (Å²) in [4.78, 5) is 0. The topological polar surface area (TPSA) is 64.9 Å². The molecule has 1 N–H and O–H groups in total. The third kappa shape index (κ3) is 2.99. The summed E-state index contributed by atoms with van der Waals surface area (Å²) in [6, 6.07) is 0.363. The predicted octanol–water partition coefficient (Wildman–Crippen LogP) is 0.941. The lowest BCUT2D eigenvalue weighted by molar-refractivity contribution is 0.143. The van der Waals surface area contributed by atoms with Crippen LogP contribution in [0.2, 0.25) is 0 Å². The third-order valence-corrected chi connectivity index (χ3v) is 2.59. The second kappa shape index (κ2) is 6.55. The van der Waals surface area contributed by atoms with Crippen LogP contribution in [0.4, 0.5) is 0 Å². The molecule has 2 unspecified atom stereocenters. The summed E-state index contributed by atoms with van der Waals surface area (Å²) < 4.78 is 7.03. The molecule has 2 atom stereocenters. The van der Waals surface area contributed by atoms with Gasteiger partial charge < -0.3 is 10.1 Å². The Hall–Kier alpha value is -1.01. The quantitative estimate of drug-likeness (QED) is 0.751. The van der Waals surface area contributed by atoms with E-state index in [4.69, 9.17) is 4.74 Å². The predicted molar refractivity (Wildman–Crippen MR) is 61.1 cm³/mol. The molecule has 6 heteroatoms. The SMILES string of the molecule is CCNC(C)c1nnnn1C(CC)COC. The summed E-state index contributed by atoms with van der Waals surface area (Å²) in [7, 11) is 1.69. The average molecular weight is 227 g/mol. The Bertz CT molecular complexity index is 301. The van der Waals surface area contributed by atoms with Gasteiger partial charge in [0.15, 0.2) is 5.82 Å². The van der Waals surface area contributed by atoms with E-state index in [0.29, 0.717) is 6.61 Å². The fourth-order valence-corrected chi connectivity index (χ4v) is 1.70. The lowest BCUT2D eigenvalue weighted by Crippen LogP contribution is -2.25. The maximum absolute atomic E-state index is 5.18. The van der Waals surface area contributed by atoms with Crippen molar-refractivity contribution in [2.24, 2.45) is 0 Å². The van der Waals surface area contributed by atoms with Gasteiger partial charge in [-0.2, -0.15) is 0 Å². The van der Waals surface area contributed by atoms with Gasteiger partial charge in [0.25, 0.3) is 0 Å². The average Bonchev–Trinajstić information content (AvgIpc) is 2.75. The number of aromatic nitrogens is 4. The summed E-state index contributed by atoms with van der Waals surface area (Å²) in [6.07, 6.45) is 0.949. The molecule has 0 saturated carbocycles. The van der Waals surface area contributed by atoms with Crippen LogP contribution in [0, 0.1) is 0 Å². The molecule has 0 spiro atoms. The molecule has 92 valence electrons. The van der Waals surface area contributed by atoms with Crippen molar-refractivity contribution in [1.82, 2.24) is 25.5 Å². The molecule has 1 aromatic rings. The maximum Gasteiger partial charge on any atom is 0.168 e. The van der Waals surface area contributed by atoms with Crippen LogP contribution in [-0.4, -0.2) is 40.5 Å². The van der Waals surface area contributed by atoms with Crippen LogP contribution in [0.15, 0.2) is 0 Å². The van der Waals surface area contributed by atoms with Crippen molar-refractivity contribution in [3.8, 4) is 0 Å². The van der Waals surface area contributed by atoms with Gasteiger partial charge in [-0.25, -0.2) is 4.68 Å². The molecule has 0 bridgehead atoms. The summed E-state index contributed by atoms with van der Waals surface area (Å²) >= 11 is 0. The highest BCUT2D eigenvalue weighted by molar-refractivity contribution is 4.91. The molecule has 0 aliphatic rings. The molecule has 0 amide bonds. The summed E-state index contributed by atoms with van der Waals surface area (Å²) in [6.45, 7) is 7.76. The number of hydrogen-bond acceptors (Lipinski definition) is 5. The monoisotopic (exact) mass is 227 g/mol. The zero-order valence-electron chi connectivity index (χ0n) is 10.5. The van der Waals surface area contributed by atoms with E-state index in [1.54, 1.807) is 7.11 Å². The Morgan fingerprint density at radius 2 is 2.19 bits per heavy atom. The first-order valence-electron chi connectivity index (χ1n) is 5.74. The number of methoxy groups -OCH3 is 1. The van der Waals surface area contributed by atoms with Gasteiger partial charge in [-0.05, 0) is 30.3 Å². The number of nitrogens with zero attached hydrogens (tertiary/aromatic N) is 4. The fraction of sp³-hybridized carbons (Fsp3) is 0.900. The number of ether oxygens (including phenoxy) is 1. The zero-order valence-corrected chi connectivity index (χ0v) is 10.5. The minimum Gasteiger partial charge on any atom is -0.382 e. The molecule has 1 rings (SSSR count). The van der Waals surface area contributed by atoms with E-state index in [1.165, 1.54) is 0 Å². The van der Waals surface area contributed by atoms with Crippen LogP contribution >= 0.6 is 0 Å². The van der Waals surface area contributed by atoms with Gasteiger partial charge in [0.2, 0.25) is 0 Å². The number of rotatable bonds is 7. The van der Waals surface area contributed by atoms with E-state index in [-0.39, 0.29) is 12.1 Å². The van der Waals surface area contributed by atoms with E-state index >= 15 is 0 Å². The Kier molecular flexibility index (Phi) is 5.34. The first-order chi connectivity index (χ1) is 7.74. The number of hydrogen-bond donors (Lipinski definition) is 1. The van der Waals surface area contributed by atoms with Crippen molar-refractivity contribution < 1.29 is 4.74 Å². The fourth-order valence-electron chi connectivity index (χ4n) is 1.70.